The van der Waals surface area contributed by atoms with Crippen LogP contribution in [0, 0.1) is 6.92 Å². The molecule has 1 amide bonds. The van der Waals surface area contributed by atoms with Crippen LogP contribution in [0.25, 0.3) is 0 Å². The van der Waals surface area contributed by atoms with Crippen molar-refractivity contribution in [3.05, 3.63) is 87.9 Å². The number of carbonyl (C=O) groups is 1. The van der Waals surface area contributed by atoms with Crippen molar-refractivity contribution in [2.75, 3.05) is 12.1 Å². The fourth-order valence-electron chi connectivity index (χ4n) is 3.84. The van der Waals surface area contributed by atoms with Crippen molar-refractivity contribution in [1.29, 1.82) is 0 Å². The van der Waals surface area contributed by atoms with E-state index in [9.17, 15) is 4.79 Å². The number of rotatable bonds is 4. The van der Waals surface area contributed by atoms with Crippen molar-refractivity contribution in [2.24, 2.45) is 0 Å². The van der Waals surface area contributed by atoms with Crippen LogP contribution in [0.3, 0.4) is 0 Å². The third kappa shape index (κ3) is 3.08. The molecule has 3 aromatic carbocycles. The number of nitrogens with one attached hydrogen (secondary N) is 1. The van der Waals surface area contributed by atoms with E-state index in [0.29, 0.717) is 22.9 Å². The van der Waals surface area contributed by atoms with Crippen LogP contribution in [-0.4, -0.2) is 17.6 Å². The molecule has 0 radical (unpaired) electrons. The van der Waals surface area contributed by atoms with Crippen LogP contribution < -0.4 is 14.8 Å². The van der Waals surface area contributed by atoms with Gasteiger partial charge in [-0.15, -0.1) is 0 Å². The van der Waals surface area contributed by atoms with E-state index in [-0.39, 0.29) is 18.9 Å². The number of amides is 1. The van der Waals surface area contributed by atoms with Crippen molar-refractivity contribution >= 4 is 23.2 Å². The molecule has 2 aliphatic rings. The third-order valence-corrected chi connectivity index (χ3v) is 5.82. The zero-order chi connectivity index (χ0) is 20.0. The topological polar surface area (TPSA) is 50.8 Å². The zero-order valence-electron chi connectivity index (χ0n) is 15.8. The first-order valence-corrected chi connectivity index (χ1v) is 9.80. The van der Waals surface area contributed by atoms with Gasteiger partial charge in [0.25, 0.3) is 5.91 Å². The van der Waals surface area contributed by atoms with Gasteiger partial charge in [-0.05, 0) is 48.4 Å². The van der Waals surface area contributed by atoms with Gasteiger partial charge in [-0.1, -0.05) is 41.9 Å². The lowest BCUT2D eigenvalue weighted by Crippen LogP contribution is -2.32. The molecule has 0 spiro atoms. The van der Waals surface area contributed by atoms with Gasteiger partial charge in [0, 0.05) is 28.4 Å². The Balaban J connectivity index is 1.50. The minimum atomic E-state index is -0.290. The van der Waals surface area contributed by atoms with Crippen molar-refractivity contribution in [2.45, 2.75) is 19.6 Å². The summed E-state index contributed by atoms with van der Waals surface area (Å²) in [6.07, 6.45) is -0.290. The first kappa shape index (κ1) is 17.9. The van der Waals surface area contributed by atoms with Crippen molar-refractivity contribution in [1.82, 2.24) is 4.90 Å². The Kier molecular flexibility index (Phi) is 4.32. The number of anilines is 1. The Bertz CT molecular complexity index is 1120. The fourth-order valence-corrected chi connectivity index (χ4v) is 4.01. The maximum atomic E-state index is 13.2. The second kappa shape index (κ2) is 7.01. The van der Waals surface area contributed by atoms with Crippen LogP contribution in [0.5, 0.6) is 11.5 Å². The number of benzene rings is 3. The molecule has 0 bridgehead atoms. The predicted octanol–water partition coefficient (Wildman–Crippen LogP) is 5.14. The van der Waals surface area contributed by atoms with E-state index in [0.717, 1.165) is 28.1 Å². The van der Waals surface area contributed by atoms with E-state index in [1.807, 2.05) is 72.5 Å². The van der Waals surface area contributed by atoms with E-state index in [1.54, 1.807) is 0 Å². The van der Waals surface area contributed by atoms with Crippen molar-refractivity contribution in [3.8, 4) is 11.5 Å². The number of nitrogens with zero attached hydrogens (tertiary/aromatic N) is 1. The summed E-state index contributed by atoms with van der Waals surface area (Å²) in [5.41, 5.74) is 4.50. The van der Waals surface area contributed by atoms with Gasteiger partial charge in [-0.25, -0.2) is 0 Å². The second-order valence-corrected chi connectivity index (χ2v) is 7.57. The largest absolute Gasteiger partial charge is 0.454 e. The Labute approximate surface area is 173 Å². The standard InChI is InChI=1S/C23H19ClN2O3/c1-14-18(24)7-4-8-19(14)25-22-16-5-2-3-6-17(16)23(27)26(22)12-15-9-10-20-21(11-15)29-13-28-20/h2-11,22,25H,12-13H2,1H3/t22-/m1/s1. The lowest BCUT2D eigenvalue weighted by Gasteiger charge is -2.28. The van der Waals surface area contributed by atoms with E-state index < -0.39 is 0 Å². The number of hydrogen-bond donors (Lipinski definition) is 1. The van der Waals surface area contributed by atoms with Crippen LogP contribution in [-0.2, 0) is 6.54 Å². The number of hydrogen-bond acceptors (Lipinski definition) is 4. The molecule has 29 heavy (non-hydrogen) atoms. The molecule has 0 saturated heterocycles. The lowest BCUT2D eigenvalue weighted by molar-refractivity contribution is 0.0728. The van der Waals surface area contributed by atoms with Crippen molar-refractivity contribution < 1.29 is 14.3 Å². The summed E-state index contributed by atoms with van der Waals surface area (Å²) in [6.45, 7) is 2.64. The van der Waals surface area contributed by atoms with Crippen LogP contribution in [0.1, 0.15) is 33.2 Å². The molecular formula is C23H19ClN2O3. The van der Waals surface area contributed by atoms with E-state index >= 15 is 0 Å². The lowest BCUT2D eigenvalue weighted by atomic mass is 10.1. The smallest absolute Gasteiger partial charge is 0.256 e. The number of halogens is 1. The number of ether oxygens (including phenoxy) is 2. The summed E-state index contributed by atoms with van der Waals surface area (Å²) < 4.78 is 10.9. The summed E-state index contributed by atoms with van der Waals surface area (Å²) >= 11 is 6.30. The first-order chi connectivity index (χ1) is 14.1. The van der Waals surface area contributed by atoms with Gasteiger partial charge in [0.05, 0.1) is 0 Å². The molecular weight excluding hydrogens is 388 g/mol. The van der Waals surface area contributed by atoms with E-state index in [4.69, 9.17) is 21.1 Å². The third-order valence-electron chi connectivity index (χ3n) is 5.41. The molecule has 1 atom stereocenters. The molecule has 0 fully saturated rings. The van der Waals surface area contributed by atoms with E-state index in [1.165, 1.54) is 0 Å². The number of carbonyl (C=O) groups excluding carboxylic acids is 1. The molecule has 5 nitrogen and oxygen atoms in total. The van der Waals surface area contributed by atoms with Gasteiger partial charge >= 0.3 is 0 Å². The molecule has 6 heteroatoms. The minimum absolute atomic E-state index is 0.00421. The second-order valence-electron chi connectivity index (χ2n) is 7.17. The molecule has 0 saturated carbocycles. The summed E-state index contributed by atoms with van der Waals surface area (Å²) in [7, 11) is 0. The van der Waals surface area contributed by atoms with Gasteiger partial charge in [-0.2, -0.15) is 0 Å². The maximum Gasteiger partial charge on any atom is 0.256 e. The zero-order valence-corrected chi connectivity index (χ0v) is 16.6. The highest BCUT2D eigenvalue weighted by Crippen LogP contribution is 2.38. The minimum Gasteiger partial charge on any atom is -0.454 e. The predicted molar refractivity (Wildman–Crippen MR) is 111 cm³/mol. The Hall–Kier alpha value is -3.18. The fraction of sp³-hybridized carbons (Fsp3) is 0.174. The molecule has 0 aliphatic carbocycles. The quantitative estimate of drug-likeness (QED) is 0.651. The number of fused-ring (bicyclic) bond motifs is 2. The van der Waals surface area contributed by atoms with Crippen LogP contribution in [0.15, 0.2) is 60.7 Å². The monoisotopic (exact) mass is 406 g/mol. The van der Waals surface area contributed by atoms with Gasteiger partial charge in [0.15, 0.2) is 11.5 Å². The first-order valence-electron chi connectivity index (χ1n) is 9.42. The summed E-state index contributed by atoms with van der Waals surface area (Å²) in [5.74, 6) is 1.44. The van der Waals surface area contributed by atoms with Gasteiger partial charge in [-0.3, -0.25) is 4.79 Å². The van der Waals surface area contributed by atoms with Crippen LogP contribution in [0.4, 0.5) is 5.69 Å². The maximum absolute atomic E-state index is 13.2. The Morgan fingerprint density at radius 1 is 1.07 bits per heavy atom. The molecule has 5 rings (SSSR count). The molecule has 3 aromatic rings. The van der Waals surface area contributed by atoms with Gasteiger partial charge in [0.2, 0.25) is 6.79 Å². The summed E-state index contributed by atoms with van der Waals surface area (Å²) in [5, 5.41) is 4.21. The summed E-state index contributed by atoms with van der Waals surface area (Å²) in [6, 6.07) is 19.2. The molecule has 0 unspecified atom stereocenters. The highest BCUT2D eigenvalue weighted by atomic mass is 35.5. The van der Waals surface area contributed by atoms with Crippen LogP contribution in [0.2, 0.25) is 5.02 Å². The average Bonchev–Trinajstić information content (AvgIpc) is 3.30. The molecule has 2 aliphatic heterocycles. The average molecular weight is 407 g/mol. The van der Waals surface area contributed by atoms with Gasteiger partial charge in [0.1, 0.15) is 6.17 Å². The molecule has 2 heterocycles. The highest BCUT2D eigenvalue weighted by Gasteiger charge is 2.36. The van der Waals surface area contributed by atoms with E-state index in [2.05, 4.69) is 5.32 Å². The van der Waals surface area contributed by atoms with Crippen molar-refractivity contribution in [3.63, 3.8) is 0 Å². The van der Waals surface area contributed by atoms with Gasteiger partial charge < -0.3 is 19.7 Å². The highest BCUT2D eigenvalue weighted by molar-refractivity contribution is 6.31. The summed E-state index contributed by atoms with van der Waals surface area (Å²) in [4.78, 5) is 15.0. The molecule has 0 aromatic heterocycles. The van der Waals surface area contributed by atoms with Crippen LogP contribution >= 0.6 is 11.6 Å². The molecule has 1 N–H and O–H groups in total. The normalized spacial score (nSPS) is 16.8. The molecule has 146 valence electrons. The Morgan fingerprint density at radius 2 is 1.90 bits per heavy atom. The Morgan fingerprint density at radius 3 is 2.79 bits per heavy atom. The SMILES string of the molecule is Cc1c(Cl)cccc1N[C@H]1c2ccccc2C(=O)N1Cc1ccc2c(c1)OCO2.